The Morgan fingerprint density at radius 2 is 2.00 bits per heavy atom. The van der Waals surface area contributed by atoms with Gasteiger partial charge in [-0.3, -0.25) is 9.59 Å². The molecule has 0 spiro atoms. The highest BCUT2D eigenvalue weighted by Crippen LogP contribution is 2.19. The molecule has 0 heterocycles. The number of nitrogens with two attached hydrogens (primary N) is 2. The molecular weight excluding hydrogens is 220 g/mol. The Morgan fingerprint density at radius 3 is 2.59 bits per heavy atom. The number of amides is 1. The number of rotatable bonds is 6. The molecule has 0 aliphatic heterocycles. The van der Waals surface area contributed by atoms with E-state index >= 15 is 0 Å². The maximum absolute atomic E-state index is 11.9. The van der Waals surface area contributed by atoms with Gasteiger partial charge in [0.05, 0.1) is 18.2 Å². The summed E-state index contributed by atoms with van der Waals surface area (Å²) in [7, 11) is 0. The molecule has 0 aliphatic rings. The molecule has 0 fully saturated rings. The van der Waals surface area contributed by atoms with Crippen molar-refractivity contribution in [2.75, 3.05) is 6.61 Å². The van der Waals surface area contributed by atoms with E-state index in [1.54, 1.807) is 24.3 Å². The first-order chi connectivity index (χ1) is 8.06. The van der Waals surface area contributed by atoms with Crippen LogP contribution in [0.5, 0.6) is 5.75 Å². The van der Waals surface area contributed by atoms with Gasteiger partial charge in [0.1, 0.15) is 5.75 Å². The zero-order valence-electron chi connectivity index (χ0n) is 9.68. The SMILES string of the molecule is CCOc1ccccc1C(=O)CC(N)C(N)=O. The highest BCUT2D eigenvalue weighted by Gasteiger charge is 2.18. The van der Waals surface area contributed by atoms with E-state index in [9.17, 15) is 9.59 Å². The van der Waals surface area contributed by atoms with Gasteiger partial charge in [0.15, 0.2) is 5.78 Å². The Bertz CT molecular complexity index is 418. The van der Waals surface area contributed by atoms with Crippen LogP contribution in [0.25, 0.3) is 0 Å². The van der Waals surface area contributed by atoms with Crippen molar-refractivity contribution < 1.29 is 14.3 Å². The minimum absolute atomic E-state index is 0.112. The van der Waals surface area contributed by atoms with Gasteiger partial charge in [-0.1, -0.05) is 12.1 Å². The number of carbonyl (C=O) groups is 2. The zero-order chi connectivity index (χ0) is 12.8. The van der Waals surface area contributed by atoms with E-state index in [2.05, 4.69) is 0 Å². The highest BCUT2D eigenvalue weighted by molar-refractivity contribution is 6.01. The van der Waals surface area contributed by atoms with Crippen LogP contribution in [-0.4, -0.2) is 24.3 Å². The summed E-state index contributed by atoms with van der Waals surface area (Å²) in [6.07, 6.45) is -0.112. The number of ether oxygens (including phenoxy) is 1. The average Bonchev–Trinajstić information content (AvgIpc) is 2.29. The van der Waals surface area contributed by atoms with Crippen LogP contribution in [0, 0.1) is 0 Å². The number of benzene rings is 1. The van der Waals surface area contributed by atoms with Crippen molar-refractivity contribution in [1.29, 1.82) is 0 Å². The Morgan fingerprint density at radius 1 is 1.35 bits per heavy atom. The molecule has 0 aromatic heterocycles. The van der Waals surface area contributed by atoms with Crippen molar-refractivity contribution in [3.63, 3.8) is 0 Å². The standard InChI is InChI=1S/C12H16N2O3/c1-2-17-11-6-4-3-5-8(11)10(15)7-9(13)12(14)16/h3-6,9H,2,7,13H2,1H3,(H2,14,16). The molecular formula is C12H16N2O3. The number of para-hydroxylation sites is 1. The molecule has 0 bridgehead atoms. The van der Waals surface area contributed by atoms with Crippen molar-refractivity contribution in [3.8, 4) is 5.75 Å². The monoisotopic (exact) mass is 236 g/mol. The second-order valence-electron chi connectivity index (χ2n) is 3.57. The van der Waals surface area contributed by atoms with Gasteiger partial charge in [0.25, 0.3) is 0 Å². The van der Waals surface area contributed by atoms with Crippen LogP contribution in [0.15, 0.2) is 24.3 Å². The molecule has 1 aromatic carbocycles. The fraction of sp³-hybridized carbons (Fsp3) is 0.333. The number of primary amides is 1. The van der Waals surface area contributed by atoms with E-state index in [1.165, 1.54) is 0 Å². The van der Waals surface area contributed by atoms with Gasteiger partial charge in [-0.25, -0.2) is 0 Å². The zero-order valence-corrected chi connectivity index (χ0v) is 9.68. The molecule has 1 rings (SSSR count). The number of ketones is 1. The predicted molar refractivity (Wildman–Crippen MR) is 63.7 cm³/mol. The summed E-state index contributed by atoms with van der Waals surface area (Å²) in [5.74, 6) is -0.440. The van der Waals surface area contributed by atoms with Gasteiger partial charge in [0, 0.05) is 6.42 Å². The van der Waals surface area contributed by atoms with Crippen molar-refractivity contribution >= 4 is 11.7 Å². The van der Waals surface area contributed by atoms with Crippen LogP contribution in [0.4, 0.5) is 0 Å². The minimum Gasteiger partial charge on any atom is -0.493 e. The van der Waals surface area contributed by atoms with Crippen LogP contribution >= 0.6 is 0 Å². The molecule has 17 heavy (non-hydrogen) atoms. The van der Waals surface area contributed by atoms with Gasteiger partial charge in [0.2, 0.25) is 5.91 Å². The molecule has 5 nitrogen and oxygen atoms in total. The molecule has 92 valence electrons. The van der Waals surface area contributed by atoms with Crippen molar-refractivity contribution in [3.05, 3.63) is 29.8 Å². The highest BCUT2D eigenvalue weighted by atomic mass is 16.5. The molecule has 1 aromatic rings. The van der Waals surface area contributed by atoms with Crippen LogP contribution in [-0.2, 0) is 4.79 Å². The summed E-state index contributed by atoms with van der Waals surface area (Å²) in [6, 6.07) is 5.88. The van der Waals surface area contributed by atoms with Gasteiger partial charge in [-0.2, -0.15) is 0 Å². The van der Waals surface area contributed by atoms with Crippen LogP contribution < -0.4 is 16.2 Å². The Balaban J connectivity index is 2.84. The quantitative estimate of drug-likeness (QED) is 0.702. The van der Waals surface area contributed by atoms with Crippen LogP contribution in [0.3, 0.4) is 0 Å². The molecule has 4 N–H and O–H groups in total. The molecule has 5 heteroatoms. The molecule has 1 atom stereocenters. The molecule has 0 saturated heterocycles. The lowest BCUT2D eigenvalue weighted by Gasteiger charge is -2.10. The van der Waals surface area contributed by atoms with Crippen molar-refractivity contribution in [1.82, 2.24) is 0 Å². The van der Waals surface area contributed by atoms with E-state index in [-0.39, 0.29) is 12.2 Å². The van der Waals surface area contributed by atoms with E-state index in [0.717, 1.165) is 0 Å². The third-order valence-corrected chi connectivity index (χ3v) is 2.26. The van der Waals surface area contributed by atoms with Crippen molar-refractivity contribution in [2.24, 2.45) is 11.5 Å². The lowest BCUT2D eigenvalue weighted by atomic mass is 10.0. The molecule has 0 saturated carbocycles. The maximum atomic E-state index is 11.9. The summed E-state index contributed by atoms with van der Waals surface area (Å²) in [5.41, 5.74) is 10.9. The second kappa shape index (κ2) is 6.00. The third kappa shape index (κ3) is 3.57. The topological polar surface area (TPSA) is 95.4 Å². The van der Waals surface area contributed by atoms with Crippen LogP contribution in [0.1, 0.15) is 23.7 Å². The number of Topliss-reactive ketones (excluding diaryl/α,β-unsaturated/α-hetero) is 1. The van der Waals surface area contributed by atoms with Crippen molar-refractivity contribution in [2.45, 2.75) is 19.4 Å². The fourth-order valence-corrected chi connectivity index (χ4v) is 1.39. The average molecular weight is 236 g/mol. The summed E-state index contributed by atoms with van der Waals surface area (Å²) < 4.78 is 5.32. The Labute approximate surface area is 99.7 Å². The van der Waals surface area contributed by atoms with E-state index in [0.29, 0.717) is 17.9 Å². The van der Waals surface area contributed by atoms with Gasteiger partial charge < -0.3 is 16.2 Å². The maximum Gasteiger partial charge on any atom is 0.234 e. The number of hydrogen-bond donors (Lipinski definition) is 2. The first-order valence-electron chi connectivity index (χ1n) is 5.36. The Hall–Kier alpha value is -1.88. The summed E-state index contributed by atoms with van der Waals surface area (Å²) in [5, 5.41) is 0. The van der Waals surface area contributed by atoms with E-state index < -0.39 is 11.9 Å². The second-order valence-corrected chi connectivity index (χ2v) is 3.57. The lowest BCUT2D eigenvalue weighted by molar-refractivity contribution is -0.119. The number of carbonyl (C=O) groups excluding carboxylic acids is 2. The van der Waals surface area contributed by atoms with Crippen LogP contribution in [0.2, 0.25) is 0 Å². The minimum atomic E-state index is -0.961. The molecule has 0 aliphatic carbocycles. The largest absolute Gasteiger partial charge is 0.493 e. The van der Waals surface area contributed by atoms with Gasteiger partial charge >= 0.3 is 0 Å². The molecule has 1 unspecified atom stereocenters. The van der Waals surface area contributed by atoms with E-state index in [4.69, 9.17) is 16.2 Å². The smallest absolute Gasteiger partial charge is 0.234 e. The summed E-state index contributed by atoms with van der Waals surface area (Å²) in [6.45, 7) is 2.29. The van der Waals surface area contributed by atoms with Gasteiger partial charge in [-0.15, -0.1) is 0 Å². The Kier molecular flexibility index (Phi) is 4.66. The molecule has 0 radical (unpaired) electrons. The molecule has 1 amide bonds. The first kappa shape index (κ1) is 13.2. The third-order valence-electron chi connectivity index (χ3n) is 2.26. The normalized spacial score (nSPS) is 11.9. The lowest BCUT2D eigenvalue weighted by Crippen LogP contribution is -2.38. The summed E-state index contributed by atoms with van der Waals surface area (Å²) in [4.78, 5) is 22.7. The number of hydrogen-bond acceptors (Lipinski definition) is 4. The van der Waals surface area contributed by atoms with Gasteiger partial charge in [-0.05, 0) is 19.1 Å². The first-order valence-corrected chi connectivity index (χ1v) is 5.36. The fourth-order valence-electron chi connectivity index (χ4n) is 1.39. The van der Waals surface area contributed by atoms with E-state index in [1.807, 2.05) is 6.92 Å². The summed E-state index contributed by atoms with van der Waals surface area (Å²) >= 11 is 0. The predicted octanol–water partition coefficient (Wildman–Crippen LogP) is 0.471.